The summed E-state index contributed by atoms with van der Waals surface area (Å²) in [6.45, 7) is 0. The smallest absolute Gasteiger partial charge is 0.121 e. The van der Waals surface area contributed by atoms with Gasteiger partial charge in [-0.3, -0.25) is 0 Å². The van der Waals surface area contributed by atoms with Gasteiger partial charge in [0.1, 0.15) is 11.8 Å². The largest absolute Gasteiger partial charge is 0.319 e. The van der Waals surface area contributed by atoms with E-state index in [-0.39, 0.29) is 0 Å². The van der Waals surface area contributed by atoms with Gasteiger partial charge in [0.25, 0.3) is 0 Å². The second-order valence-electron chi connectivity index (χ2n) is 8.02. The summed E-state index contributed by atoms with van der Waals surface area (Å²) >= 11 is 0. The number of imidazole rings is 1. The molecule has 4 aromatic rings. The Balaban J connectivity index is 1.73. The molecule has 0 amide bonds. The van der Waals surface area contributed by atoms with Crippen molar-refractivity contribution in [2.45, 2.75) is 24.3 Å². The van der Waals surface area contributed by atoms with Crippen molar-refractivity contribution in [2.75, 3.05) is 0 Å². The second kappa shape index (κ2) is 7.75. The van der Waals surface area contributed by atoms with Crippen molar-refractivity contribution in [3.63, 3.8) is 0 Å². The predicted octanol–water partition coefficient (Wildman–Crippen LogP) is 5.42. The molecule has 1 aliphatic carbocycles. The van der Waals surface area contributed by atoms with E-state index in [0.717, 1.165) is 18.4 Å². The summed E-state index contributed by atoms with van der Waals surface area (Å²) in [5.41, 5.74) is 4.11. The van der Waals surface area contributed by atoms with Crippen molar-refractivity contribution in [3.05, 3.63) is 126 Å². The van der Waals surface area contributed by atoms with E-state index in [1.165, 1.54) is 16.7 Å². The van der Waals surface area contributed by atoms with Gasteiger partial charge in [-0.05, 0) is 29.0 Å². The van der Waals surface area contributed by atoms with Crippen LogP contribution >= 0.6 is 0 Å². The first-order chi connectivity index (χ1) is 14.8. The van der Waals surface area contributed by atoms with E-state index in [0.29, 0.717) is 18.3 Å². The Kier molecular flexibility index (Phi) is 4.80. The summed E-state index contributed by atoms with van der Waals surface area (Å²) in [7, 11) is 0. The van der Waals surface area contributed by atoms with Crippen LogP contribution in [0, 0.1) is 5.92 Å². The summed E-state index contributed by atoms with van der Waals surface area (Å²) in [5, 5.41) is 0. The molecule has 0 unspecified atom stereocenters. The SMILES string of the molecule is O=CC[C@@H]1C[C@H]1c1cn(C(c2ccccc2)(c2ccccc2)c2ccccc2)cn1. The van der Waals surface area contributed by atoms with E-state index in [4.69, 9.17) is 4.98 Å². The minimum Gasteiger partial charge on any atom is -0.319 e. The van der Waals surface area contributed by atoms with Crippen LogP contribution in [-0.4, -0.2) is 15.8 Å². The van der Waals surface area contributed by atoms with E-state index in [2.05, 4.69) is 102 Å². The maximum absolute atomic E-state index is 10.9. The molecule has 1 saturated carbocycles. The highest BCUT2D eigenvalue weighted by Gasteiger charge is 2.42. The number of hydrogen-bond acceptors (Lipinski definition) is 2. The Labute approximate surface area is 177 Å². The van der Waals surface area contributed by atoms with E-state index >= 15 is 0 Å². The maximum Gasteiger partial charge on any atom is 0.121 e. The monoisotopic (exact) mass is 392 g/mol. The predicted molar refractivity (Wildman–Crippen MR) is 118 cm³/mol. The lowest BCUT2D eigenvalue weighted by Crippen LogP contribution is -2.36. The summed E-state index contributed by atoms with van der Waals surface area (Å²) in [5.74, 6) is 0.821. The first-order valence-corrected chi connectivity index (χ1v) is 10.5. The highest BCUT2D eigenvalue weighted by molar-refractivity contribution is 5.52. The lowest BCUT2D eigenvalue weighted by atomic mass is 9.77. The lowest BCUT2D eigenvalue weighted by Gasteiger charge is -2.37. The van der Waals surface area contributed by atoms with Gasteiger partial charge in [-0.25, -0.2) is 4.98 Å². The van der Waals surface area contributed by atoms with E-state index < -0.39 is 5.54 Å². The molecular weight excluding hydrogens is 368 g/mol. The fraction of sp³-hybridized carbons (Fsp3) is 0.185. The van der Waals surface area contributed by atoms with Gasteiger partial charge in [-0.2, -0.15) is 0 Å². The van der Waals surface area contributed by atoms with Crippen LogP contribution in [0.1, 0.15) is 41.1 Å². The number of benzene rings is 3. The van der Waals surface area contributed by atoms with Crippen molar-refractivity contribution in [1.29, 1.82) is 0 Å². The van der Waals surface area contributed by atoms with Crippen LogP contribution in [0.15, 0.2) is 104 Å². The Morgan fingerprint density at radius 2 is 1.33 bits per heavy atom. The highest BCUT2D eigenvalue weighted by Crippen LogP contribution is 2.49. The number of aldehydes is 1. The molecule has 0 radical (unpaired) electrons. The van der Waals surface area contributed by atoms with Crippen molar-refractivity contribution in [1.82, 2.24) is 9.55 Å². The average Bonchev–Trinajstić information content (AvgIpc) is 3.41. The molecular formula is C27H24N2O. The average molecular weight is 393 g/mol. The van der Waals surface area contributed by atoms with Crippen LogP contribution in [0.4, 0.5) is 0 Å². The summed E-state index contributed by atoms with van der Waals surface area (Å²) in [6.07, 6.45) is 6.84. The Hall–Kier alpha value is -3.46. The molecule has 1 aliphatic rings. The number of carbonyl (C=O) groups is 1. The Morgan fingerprint density at radius 1 is 0.833 bits per heavy atom. The minimum atomic E-state index is -0.524. The first-order valence-electron chi connectivity index (χ1n) is 10.5. The van der Waals surface area contributed by atoms with Crippen LogP contribution in [0.5, 0.6) is 0 Å². The van der Waals surface area contributed by atoms with Crippen molar-refractivity contribution < 1.29 is 4.79 Å². The molecule has 0 bridgehead atoms. The topological polar surface area (TPSA) is 34.9 Å². The molecule has 3 aromatic carbocycles. The number of hydrogen-bond donors (Lipinski definition) is 0. The fourth-order valence-corrected chi connectivity index (χ4v) is 4.69. The summed E-state index contributed by atoms with van der Waals surface area (Å²) in [4.78, 5) is 15.7. The second-order valence-corrected chi connectivity index (χ2v) is 8.02. The molecule has 0 N–H and O–H groups in total. The van der Waals surface area contributed by atoms with Gasteiger partial charge >= 0.3 is 0 Å². The van der Waals surface area contributed by atoms with E-state index in [1.807, 2.05) is 6.33 Å². The van der Waals surface area contributed by atoms with Crippen LogP contribution in [0.25, 0.3) is 0 Å². The van der Waals surface area contributed by atoms with Gasteiger partial charge in [0.2, 0.25) is 0 Å². The molecule has 5 rings (SSSR count). The molecule has 0 spiro atoms. The summed E-state index contributed by atoms with van der Waals surface area (Å²) in [6, 6.07) is 31.8. The maximum atomic E-state index is 10.9. The molecule has 3 nitrogen and oxygen atoms in total. The summed E-state index contributed by atoms with van der Waals surface area (Å²) < 4.78 is 2.25. The van der Waals surface area contributed by atoms with Gasteiger partial charge < -0.3 is 9.36 Å². The molecule has 1 heterocycles. The molecule has 148 valence electrons. The highest BCUT2D eigenvalue weighted by atomic mass is 16.1. The zero-order valence-corrected chi connectivity index (χ0v) is 16.8. The molecule has 1 fully saturated rings. The third-order valence-corrected chi connectivity index (χ3v) is 6.27. The molecule has 0 aliphatic heterocycles. The van der Waals surface area contributed by atoms with E-state index in [1.54, 1.807) is 0 Å². The number of nitrogens with zero attached hydrogens (tertiary/aromatic N) is 2. The van der Waals surface area contributed by atoms with Gasteiger partial charge in [0.05, 0.1) is 12.0 Å². The normalized spacial score (nSPS) is 18.1. The standard InChI is InChI=1S/C27H24N2O/c30-17-16-21-18-25(21)26-19-29(20-28-26)27(22-10-4-1-5-11-22,23-12-6-2-7-13-23)24-14-8-3-9-15-24/h1-15,17,19-21,25H,16,18H2/t21-,25-/m1/s1. The van der Waals surface area contributed by atoms with Gasteiger partial charge in [0.15, 0.2) is 0 Å². The van der Waals surface area contributed by atoms with Crippen LogP contribution < -0.4 is 0 Å². The fourth-order valence-electron chi connectivity index (χ4n) is 4.69. The molecule has 3 heteroatoms. The first kappa shape index (κ1) is 18.6. The van der Waals surface area contributed by atoms with Gasteiger partial charge in [-0.15, -0.1) is 0 Å². The lowest BCUT2D eigenvalue weighted by molar-refractivity contribution is -0.108. The molecule has 1 aromatic heterocycles. The van der Waals surface area contributed by atoms with Crippen molar-refractivity contribution in [2.24, 2.45) is 5.92 Å². The third-order valence-electron chi connectivity index (χ3n) is 6.27. The van der Waals surface area contributed by atoms with Crippen molar-refractivity contribution >= 4 is 6.29 Å². The van der Waals surface area contributed by atoms with Crippen LogP contribution in [0.2, 0.25) is 0 Å². The van der Waals surface area contributed by atoms with Crippen LogP contribution in [-0.2, 0) is 10.3 Å². The molecule has 2 atom stereocenters. The number of aromatic nitrogens is 2. The quantitative estimate of drug-likeness (QED) is 0.311. The zero-order chi connectivity index (χ0) is 20.4. The number of rotatable bonds is 7. The Morgan fingerprint density at radius 3 is 1.80 bits per heavy atom. The van der Waals surface area contributed by atoms with Gasteiger partial charge in [0, 0.05) is 18.5 Å². The van der Waals surface area contributed by atoms with Crippen LogP contribution in [0.3, 0.4) is 0 Å². The van der Waals surface area contributed by atoms with E-state index in [9.17, 15) is 4.79 Å². The minimum absolute atomic E-state index is 0.386. The number of carbonyl (C=O) groups excluding carboxylic acids is 1. The van der Waals surface area contributed by atoms with Gasteiger partial charge in [-0.1, -0.05) is 91.0 Å². The van der Waals surface area contributed by atoms with Crippen molar-refractivity contribution in [3.8, 4) is 0 Å². The molecule has 30 heavy (non-hydrogen) atoms. The molecule has 0 saturated heterocycles. The Bertz CT molecular complexity index is 1020. The third kappa shape index (κ3) is 3.07. The zero-order valence-electron chi connectivity index (χ0n) is 16.8.